The van der Waals surface area contributed by atoms with E-state index in [0.29, 0.717) is 4.68 Å². The second-order valence-electron chi connectivity index (χ2n) is 7.89. The van der Waals surface area contributed by atoms with Gasteiger partial charge >= 0.3 is 6.18 Å². The number of nitrogens with one attached hydrogen (secondary N) is 2. The van der Waals surface area contributed by atoms with Crippen molar-refractivity contribution < 1.29 is 22.4 Å². The zero-order chi connectivity index (χ0) is 26.3. The summed E-state index contributed by atoms with van der Waals surface area (Å²) in [7, 11) is 0. The number of aromatic nitrogens is 6. The van der Waals surface area contributed by atoms with Crippen LogP contribution in [0.25, 0.3) is 22.4 Å². The standard InChI is InChI=1S/C23H15F4N9O/c1-12-17(9-13(10-28)21(33-12)36-30-7-8-31-36)34-22(37)15-11-32-35(20(15)23(25,26)27)18-5-6-29-19-14(18)3-2-4-16(19)24/h2-9,11-12,33H,1H3,(H,34,37). The van der Waals surface area contributed by atoms with Crippen LogP contribution in [0.5, 0.6) is 0 Å². The molecule has 1 aromatic carbocycles. The predicted octanol–water partition coefficient (Wildman–Crippen LogP) is 3.17. The van der Waals surface area contributed by atoms with E-state index in [-0.39, 0.29) is 33.7 Å². The molecule has 3 aromatic heterocycles. The molecule has 1 amide bonds. The quantitative estimate of drug-likeness (QED) is 0.405. The van der Waals surface area contributed by atoms with Gasteiger partial charge in [0.15, 0.2) is 11.5 Å². The molecule has 1 atom stereocenters. The Morgan fingerprint density at radius 1 is 1.16 bits per heavy atom. The van der Waals surface area contributed by atoms with Crippen LogP contribution in [0.3, 0.4) is 0 Å². The Balaban J connectivity index is 1.56. The first-order valence-electron chi connectivity index (χ1n) is 10.7. The highest BCUT2D eigenvalue weighted by Gasteiger charge is 2.41. The lowest BCUT2D eigenvalue weighted by Crippen LogP contribution is -2.40. The van der Waals surface area contributed by atoms with E-state index in [0.717, 1.165) is 18.5 Å². The third kappa shape index (κ3) is 4.16. The number of fused-ring (bicyclic) bond motifs is 1. The Hall–Kier alpha value is -5.06. The van der Waals surface area contributed by atoms with Crippen LogP contribution in [0.1, 0.15) is 23.0 Å². The van der Waals surface area contributed by atoms with Crippen molar-refractivity contribution in [3.05, 3.63) is 83.5 Å². The molecule has 0 saturated carbocycles. The fraction of sp³-hybridized carbons (Fsp3) is 0.130. The van der Waals surface area contributed by atoms with Crippen LogP contribution in [0.4, 0.5) is 17.6 Å². The molecule has 10 nitrogen and oxygen atoms in total. The van der Waals surface area contributed by atoms with E-state index < -0.39 is 35.2 Å². The molecule has 0 fully saturated rings. The number of pyridine rings is 1. The van der Waals surface area contributed by atoms with Crippen LogP contribution in [0.15, 0.2) is 66.4 Å². The molecule has 0 bridgehead atoms. The van der Waals surface area contributed by atoms with Crippen molar-refractivity contribution in [1.82, 2.24) is 40.4 Å². The van der Waals surface area contributed by atoms with Gasteiger partial charge in [0.25, 0.3) is 5.91 Å². The summed E-state index contributed by atoms with van der Waals surface area (Å²) in [5.74, 6) is -1.56. The Morgan fingerprint density at radius 2 is 1.92 bits per heavy atom. The van der Waals surface area contributed by atoms with Crippen molar-refractivity contribution in [1.29, 1.82) is 5.26 Å². The fourth-order valence-electron chi connectivity index (χ4n) is 3.91. The van der Waals surface area contributed by atoms with Crippen LogP contribution in [0, 0.1) is 17.1 Å². The van der Waals surface area contributed by atoms with Crippen LogP contribution in [0.2, 0.25) is 0 Å². The number of hydrogen-bond acceptors (Lipinski definition) is 7. The second-order valence-corrected chi connectivity index (χ2v) is 7.89. The number of rotatable bonds is 4. The highest BCUT2D eigenvalue weighted by atomic mass is 19.4. The first-order chi connectivity index (χ1) is 17.7. The molecule has 0 saturated heterocycles. The minimum Gasteiger partial charge on any atom is -0.359 e. The van der Waals surface area contributed by atoms with Gasteiger partial charge in [-0.2, -0.15) is 33.7 Å². The van der Waals surface area contributed by atoms with E-state index in [9.17, 15) is 27.6 Å². The van der Waals surface area contributed by atoms with Crippen LogP contribution in [-0.2, 0) is 6.18 Å². The molecule has 0 aliphatic carbocycles. The third-order valence-electron chi connectivity index (χ3n) is 5.58. The average Bonchev–Trinajstić information content (AvgIpc) is 3.55. The summed E-state index contributed by atoms with van der Waals surface area (Å²) < 4.78 is 57.4. The van der Waals surface area contributed by atoms with E-state index in [1.807, 2.05) is 6.07 Å². The van der Waals surface area contributed by atoms with Gasteiger partial charge in [0.2, 0.25) is 0 Å². The smallest absolute Gasteiger partial charge is 0.359 e. The molecule has 37 heavy (non-hydrogen) atoms. The summed E-state index contributed by atoms with van der Waals surface area (Å²) in [6.07, 6.45) is 1.09. The maximum Gasteiger partial charge on any atom is 0.434 e. The molecular weight excluding hydrogens is 494 g/mol. The Kier molecular flexibility index (Phi) is 5.67. The number of allylic oxidation sites excluding steroid dienone is 2. The van der Waals surface area contributed by atoms with E-state index in [4.69, 9.17) is 0 Å². The monoisotopic (exact) mass is 509 g/mol. The van der Waals surface area contributed by atoms with E-state index in [2.05, 4.69) is 30.9 Å². The molecule has 1 aliphatic rings. The number of alkyl halides is 3. The van der Waals surface area contributed by atoms with Crippen LogP contribution >= 0.6 is 0 Å². The highest BCUT2D eigenvalue weighted by Crippen LogP contribution is 2.35. The van der Waals surface area contributed by atoms with Gasteiger partial charge in [-0.25, -0.2) is 9.07 Å². The van der Waals surface area contributed by atoms with Crippen molar-refractivity contribution in [2.75, 3.05) is 0 Å². The zero-order valence-electron chi connectivity index (χ0n) is 18.8. The molecular formula is C23H15F4N9O. The van der Waals surface area contributed by atoms with Gasteiger partial charge in [0, 0.05) is 17.3 Å². The fourth-order valence-corrected chi connectivity index (χ4v) is 3.91. The van der Waals surface area contributed by atoms with Crippen molar-refractivity contribution >= 4 is 22.6 Å². The summed E-state index contributed by atoms with van der Waals surface area (Å²) in [6.45, 7) is 1.63. The molecule has 4 heterocycles. The van der Waals surface area contributed by atoms with Gasteiger partial charge in [0.1, 0.15) is 17.4 Å². The molecule has 2 N–H and O–H groups in total. The lowest BCUT2D eigenvalue weighted by atomic mass is 10.1. The van der Waals surface area contributed by atoms with Crippen molar-refractivity contribution in [3.8, 4) is 11.8 Å². The third-order valence-corrected chi connectivity index (χ3v) is 5.58. The molecule has 186 valence electrons. The zero-order valence-corrected chi connectivity index (χ0v) is 18.8. The average molecular weight is 509 g/mol. The van der Waals surface area contributed by atoms with Crippen LogP contribution < -0.4 is 10.6 Å². The number of halogens is 4. The van der Waals surface area contributed by atoms with E-state index in [1.165, 1.54) is 41.5 Å². The summed E-state index contributed by atoms with van der Waals surface area (Å²) in [4.78, 5) is 18.1. The minimum atomic E-state index is -4.99. The first-order valence-corrected chi connectivity index (χ1v) is 10.7. The first kappa shape index (κ1) is 23.7. The van der Waals surface area contributed by atoms with Crippen molar-refractivity contribution in [2.24, 2.45) is 0 Å². The molecule has 0 radical (unpaired) electrons. The Labute approximate surface area is 205 Å². The van der Waals surface area contributed by atoms with Crippen molar-refractivity contribution in [2.45, 2.75) is 19.1 Å². The van der Waals surface area contributed by atoms with Gasteiger partial charge in [0.05, 0.1) is 41.5 Å². The Bertz CT molecular complexity index is 1630. The largest absolute Gasteiger partial charge is 0.434 e. The molecule has 14 heteroatoms. The maximum absolute atomic E-state index is 14.2. The number of dihydropyridines is 1. The number of amides is 1. The van der Waals surface area contributed by atoms with E-state index >= 15 is 0 Å². The number of benzene rings is 1. The number of carbonyl (C=O) groups is 1. The van der Waals surface area contributed by atoms with Gasteiger partial charge < -0.3 is 10.6 Å². The van der Waals surface area contributed by atoms with Gasteiger partial charge in [-0.3, -0.25) is 9.78 Å². The second kappa shape index (κ2) is 8.86. The molecule has 4 aromatic rings. The SMILES string of the molecule is CC1NC(n2nccn2)=C(C#N)C=C1NC(=O)c1cnn(-c2ccnc3c(F)cccc23)c1C(F)(F)F. The normalized spacial score (nSPS) is 15.8. The topological polar surface area (TPSA) is 126 Å². The predicted molar refractivity (Wildman–Crippen MR) is 121 cm³/mol. The molecule has 5 rings (SSSR count). The molecule has 1 aliphatic heterocycles. The lowest BCUT2D eigenvalue weighted by molar-refractivity contribution is -0.143. The number of nitriles is 1. The highest BCUT2D eigenvalue weighted by molar-refractivity contribution is 5.97. The summed E-state index contributed by atoms with van der Waals surface area (Å²) >= 11 is 0. The van der Waals surface area contributed by atoms with Gasteiger partial charge in [-0.15, -0.1) is 4.80 Å². The summed E-state index contributed by atoms with van der Waals surface area (Å²) in [5.41, 5.74) is -2.15. The van der Waals surface area contributed by atoms with E-state index in [1.54, 1.807) is 6.92 Å². The molecule has 1 unspecified atom stereocenters. The number of hydrogen-bond donors (Lipinski definition) is 2. The van der Waals surface area contributed by atoms with Crippen molar-refractivity contribution in [3.63, 3.8) is 0 Å². The summed E-state index contributed by atoms with van der Waals surface area (Å²) in [5, 5.41) is 26.7. The molecule has 0 spiro atoms. The van der Waals surface area contributed by atoms with Gasteiger partial charge in [-0.05, 0) is 25.1 Å². The number of para-hydroxylation sites is 1. The minimum absolute atomic E-state index is 0.0571. The van der Waals surface area contributed by atoms with Gasteiger partial charge in [-0.1, -0.05) is 12.1 Å². The Morgan fingerprint density at radius 3 is 2.62 bits per heavy atom. The number of nitrogens with zero attached hydrogens (tertiary/aromatic N) is 7. The summed E-state index contributed by atoms with van der Waals surface area (Å²) in [6, 6.07) is 6.46. The number of carbonyl (C=O) groups excluding carboxylic acids is 1. The lowest BCUT2D eigenvalue weighted by Gasteiger charge is -2.25. The van der Waals surface area contributed by atoms with Crippen LogP contribution in [-0.4, -0.2) is 41.7 Å². The maximum atomic E-state index is 14.2.